The van der Waals surface area contributed by atoms with Gasteiger partial charge in [0.15, 0.2) is 0 Å². The van der Waals surface area contributed by atoms with Crippen LogP contribution in [0.4, 0.5) is 4.79 Å². The number of nitrogens with one attached hydrogen (secondary N) is 1. The molecule has 2 N–H and O–H groups in total. The van der Waals surface area contributed by atoms with E-state index in [1.165, 1.54) is 12.8 Å². The number of amides is 2. The third kappa shape index (κ3) is 4.37. The maximum atomic E-state index is 12.0. The molecule has 2 fully saturated rings. The molecule has 0 aromatic carbocycles. The molecule has 0 spiro atoms. The molecule has 0 bridgehead atoms. The van der Waals surface area contributed by atoms with Crippen LogP contribution >= 0.6 is 0 Å². The van der Waals surface area contributed by atoms with E-state index in [4.69, 9.17) is 5.11 Å². The Balaban J connectivity index is 1.67. The lowest BCUT2D eigenvalue weighted by Gasteiger charge is -2.35. The van der Waals surface area contributed by atoms with Gasteiger partial charge in [0.1, 0.15) is 0 Å². The molecule has 6 heteroatoms. The monoisotopic (exact) mass is 283 g/mol. The van der Waals surface area contributed by atoms with E-state index in [0.29, 0.717) is 6.54 Å². The lowest BCUT2D eigenvalue weighted by Crippen LogP contribution is -2.52. The first-order valence-electron chi connectivity index (χ1n) is 7.58. The first-order chi connectivity index (χ1) is 9.60. The molecule has 6 nitrogen and oxygen atoms in total. The molecule has 1 atom stereocenters. The normalized spacial score (nSPS) is 21.6. The van der Waals surface area contributed by atoms with Crippen LogP contribution in [0.15, 0.2) is 0 Å². The maximum Gasteiger partial charge on any atom is 0.317 e. The molecule has 2 amide bonds. The second-order valence-corrected chi connectivity index (χ2v) is 5.81. The lowest BCUT2D eigenvalue weighted by atomic mass is 10.0. The van der Waals surface area contributed by atoms with Crippen LogP contribution in [0.25, 0.3) is 0 Å². The van der Waals surface area contributed by atoms with Crippen molar-refractivity contribution >= 4 is 12.0 Å². The van der Waals surface area contributed by atoms with Crippen LogP contribution in [0, 0.1) is 5.92 Å². The van der Waals surface area contributed by atoms with Crippen LogP contribution in [0.5, 0.6) is 0 Å². The van der Waals surface area contributed by atoms with Gasteiger partial charge in [0.05, 0.1) is 0 Å². The van der Waals surface area contributed by atoms with Crippen LogP contribution in [0.2, 0.25) is 0 Å². The molecule has 2 aliphatic rings. The average Bonchev–Trinajstić information content (AvgIpc) is 3.27. The summed E-state index contributed by atoms with van der Waals surface area (Å²) < 4.78 is 0. The molecule has 1 aliphatic heterocycles. The van der Waals surface area contributed by atoms with Gasteiger partial charge in [-0.2, -0.15) is 0 Å². The summed E-state index contributed by atoms with van der Waals surface area (Å²) in [7, 11) is 0. The van der Waals surface area contributed by atoms with E-state index in [-0.39, 0.29) is 18.4 Å². The topological polar surface area (TPSA) is 72.9 Å². The fourth-order valence-electron chi connectivity index (χ4n) is 2.68. The van der Waals surface area contributed by atoms with Gasteiger partial charge in [0.25, 0.3) is 0 Å². The number of hydrogen-bond donors (Lipinski definition) is 2. The maximum absolute atomic E-state index is 12.0. The third-order valence-corrected chi connectivity index (χ3v) is 4.25. The highest BCUT2D eigenvalue weighted by Gasteiger charge is 2.32. The van der Waals surface area contributed by atoms with Crippen molar-refractivity contribution in [1.29, 1.82) is 0 Å². The van der Waals surface area contributed by atoms with Gasteiger partial charge < -0.3 is 15.3 Å². The second kappa shape index (κ2) is 6.92. The van der Waals surface area contributed by atoms with Gasteiger partial charge in [-0.15, -0.1) is 0 Å². The minimum atomic E-state index is -0.802. The largest absolute Gasteiger partial charge is 0.481 e. The van der Waals surface area contributed by atoms with Gasteiger partial charge >= 0.3 is 12.0 Å². The minimum Gasteiger partial charge on any atom is -0.481 e. The molecule has 1 saturated heterocycles. The van der Waals surface area contributed by atoms with Crippen molar-refractivity contribution in [2.24, 2.45) is 5.92 Å². The average molecular weight is 283 g/mol. The van der Waals surface area contributed by atoms with E-state index in [1.807, 2.05) is 11.8 Å². The molecule has 0 aromatic heterocycles. The number of rotatable bonds is 6. The van der Waals surface area contributed by atoms with Crippen LogP contribution < -0.4 is 5.32 Å². The zero-order valence-corrected chi connectivity index (χ0v) is 12.2. The van der Waals surface area contributed by atoms with E-state index in [9.17, 15) is 9.59 Å². The zero-order chi connectivity index (χ0) is 14.5. The van der Waals surface area contributed by atoms with E-state index < -0.39 is 5.97 Å². The molecule has 1 heterocycles. The third-order valence-electron chi connectivity index (χ3n) is 4.25. The number of carbonyl (C=O) groups is 2. The number of aliphatic carboxylic acids is 1. The first-order valence-corrected chi connectivity index (χ1v) is 7.58. The molecule has 0 radical (unpaired) electrons. The van der Waals surface area contributed by atoms with Gasteiger partial charge in [0.2, 0.25) is 0 Å². The summed E-state index contributed by atoms with van der Waals surface area (Å²) in [5.74, 6) is -0.784. The summed E-state index contributed by atoms with van der Waals surface area (Å²) in [6.45, 7) is 5.88. The highest BCUT2D eigenvalue weighted by molar-refractivity contribution is 5.74. The number of carboxylic acid groups (broad SMARTS) is 1. The van der Waals surface area contributed by atoms with E-state index in [2.05, 4.69) is 10.2 Å². The van der Waals surface area contributed by atoms with E-state index >= 15 is 0 Å². The Bertz CT molecular complexity index is 350. The highest BCUT2D eigenvalue weighted by atomic mass is 16.4. The van der Waals surface area contributed by atoms with Gasteiger partial charge in [-0.25, -0.2) is 4.79 Å². The number of hydrogen-bond acceptors (Lipinski definition) is 3. The number of urea groups is 1. The second-order valence-electron chi connectivity index (χ2n) is 5.81. The number of nitrogens with zero attached hydrogens (tertiary/aromatic N) is 2. The predicted molar refractivity (Wildman–Crippen MR) is 75.6 cm³/mol. The summed E-state index contributed by atoms with van der Waals surface area (Å²) in [6.07, 6.45) is 3.49. The van der Waals surface area contributed by atoms with Gasteiger partial charge in [-0.3, -0.25) is 9.69 Å². The molecule has 114 valence electrons. The van der Waals surface area contributed by atoms with E-state index in [0.717, 1.165) is 38.6 Å². The van der Waals surface area contributed by atoms with Crippen molar-refractivity contribution in [2.45, 2.75) is 38.6 Å². The zero-order valence-electron chi connectivity index (χ0n) is 12.2. The summed E-state index contributed by atoms with van der Waals surface area (Å²) in [5.41, 5.74) is 0. The summed E-state index contributed by atoms with van der Waals surface area (Å²) in [5, 5.41) is 11.7. The number of carboxylic acids is 1. The SMILES string of the molecule is CCC(CNC(=O)N1CCN(C2CC2)CC1)CC(=O)O. The van der Waals surface area contributed by atoms with Gasteiger partial charge in [-0.05, 0) is 18.8 Å². The summed E-state index contributed by atoms with van der Waals surface area (Å²) in [4.78, 5) is 27.0. The molecular formula is C14H25N3O3. The summed E-state index contributed by atoms with van der Waals surface area (Å²) >= 11 is 0. The highest BCUT2D eigenvalue weighted by Crippen LogP contribution is 2.27. The Morgan fingerprint density at radius 2 is 1.90 bits per heavy atom. The van der Waals surface area contributed by atoms with Crippen molar-refractivity contribution in [1.82, 2.24) is 15.1 Å². The number of piperazine rings is 1. The van der Waals surface area contributed by atoms with Crippen LogP contribution in [0.1, 0.15) is 32.6 Å². The van der Waals surface area contributed by atoms with Crippen molar-refractivity contribution in [3.63, 3.8) is 0 Å². The Kier molecular flexibility index (Phi) is 5.23. The Morgan fingerprint density at radius 3 is 2.40 bits per heavy atom. The fourth-order valence-corrected chi connectivity index (χ4v) is 2.68. The van der Waals surface area contributed by atoms with Crippen LogP contribution in [-0.2, 0) is 4.79 Å². The molecule has 1 saturated carbocycles. The van der Waals surface area contributed by atoms with Gasteiger partial charge in [0, 0.05) is 45.2 Å². The number of carbonyl (C=O) groups excluding carboxylic acids is 1. The van der Waals surface area contributed by atoms with Crippen molar-refractivity contribution < 1.29 is 14.7 Å². The van der Waals surface area contributed by atoms with Crippen LogP contribution in [-0.4, -0.2) is 65.7 Å². The summed E-state index contributed by atoms with van der Waals surface area (Å²) in [6, 6.07) is 0.713. The van der Waals surface area contributed by atoms with E-state index in [1.54, 1.807) is 0 Å². The van der Waals surface area contributed by atoms with Gasteiger partial charge in [-0.1, -0.05) is 13.3 Å². The molecule has 20 heavy (non-hydrogen) atoms. The molecule has 1 unspecified atom stereocenters. The molecule has 0 aromatic rings. The standard InChI is InChI=1S/C14H25N3O3/c1-2-11(9-13(18)19)10-15-14(20)17-7-5-16(6-8-17)12-3-4-12/h11-12H,2-10H2,1H3,(H,15,20)(H,18,19). The predicted octanol–water partition coefficient (Wildman–Crippen LogP) is 0.977. The molecule has 1 aliphatic carbocycles. The van der Waals surface area contributed by atoms with Crippen molar-refractivity contribution in [3.05, 3.63) is 0 Å². The minimum absolute atomic E-state index is 0.0178. The first kappa shape index (κ1) is 15.1. The lowest BCUT2D eigenvalue weighted by molar-refractivity contribution is -0.138. The Hall–Kier alpha value is -1.30. The Labute approximate surface area is 120 Å². The quantitative estimate of drug-likeness (QED) is 0.762. The molecule has 2 rings (SSSR count). The Morgan fingerprint density at radius 1 is 1.25 bits per heavy atom. The van der Waals surface area contributed by atoms with Crippen LogP contribution in [0.3, 0.4) is 0 Å². The smallest absolute Gasteiger partial charge is 0.317 e. The molecular weight excluding hydrogens is 258 g/mol. The fraction of sp³-hybridized carbons (Fsp3) is 0.857. The van der Waals surface area contributed by atoms with Crippen molar-refractivity contribution in [3.8, 4) is 0 Å². The van der Waals surface area contributed by atoms with Crippen molar-refractivity contribution in [2.75, 3.05) is 32.7 Å².